The number of aromatic nitrogens is 2. The second kappa shape index (κ2) is 5.82. The molecule has 0 atom stereocenters. The number of fused-ring (bicyclic) bond motifs is 1. The third-order valence-corrected chi connectivity index (χ3v) is 3.02. The second-order valence-electron chi connectivity index (χ2n) is 4.12. The van der Waals surface area contributed by atoms with E-state index in [-0.39, 0.29) is 17.4 Å². The highest BCUT2D eigenvalue weighted by atomic mass is 79.9. The molecule has 0 saturated heterocycles. The third-order valence-electron chi connectivity index (χ3n) is 2.67. The molecule has 0 aliphatic heterocycles. The largest absolute Gasteiger partial charge is 0.406 e. The Morgan fingerprint density at radius 3 is 2.80 bits per heavy atom. The summed E-state index contributed by atoms with van der Waals surface area (Å²) in [6, 6.07) is 5.06. The van der Waals surface area contributed by atoms with E-state index < -0.39 is 18.6 Å². The number of pyridine rings is 1. The van der Waals surface area contributed by atoms with Gasteiger partial charge in [0, 0.05) is 18.1 Å². The van der Waals surface area contributed by atoms with Gasteiger partial charge in [-0.05, 0) is 12.1 Å². The molecule has 2 heterocycles. The van der Waals surface area contributed by atoms with Crippen molar-refractivity contribution in [2.75, 3.05) is 18.4 Å². The Kier molecular flexibility index (Phi) is 4.32. The molecule has 8 heteroatoms. The normalized spacial score (nSPS) is 11.8. The summed E-state index contributed by atoms with van der Waals surface area (Å²) in [6.07, 6.45) is -1.51. The van der Waals surface area contributed by atoms with E-state index in [4.69, 9.17) is 0 Å². The molecule has 0 aliphatic rings. The molecule has 0 N–H and O–H groups in total. The van der Waals surface area contributed by atoms with Gasteiger partial charge >= 0.3 is 6.18 Å². The lowest BCUT2D eigenvalue weighted by molar-refractivity contribution is -0.140. The van der Waals surface area contributed by atoms with Crippen LogP contribution in [0.25, 0.3) is 5.52 Å². The number of carbonyl (C=O) groups excluding carboxylic acids is 1. The smallest absolute Gasteiger partial charge is 0.329 e. The second-order valence-corrected chi connectivity index (χ2v) is 4.91. The van der Waals surface area contributed by atoms with Gasteiger partial charge < -0.3 is 4.90 Å². The molecule has 0 aliphatic carbocycles. The van der Waals surface area contributed by atoms with Crippen molar-refractivity contribution < 1.29 is 18.0 Å². The standard InChI is InChI=1S/C12H11BrF3N3O/c13-4-6-18(8-12(14,15)16)11(20)9-7-17-19-5-2-1-3-10(9)19/h1-3,5,7H,4,6,8H2. The van der Waals surface area contributed by atoms with E-state index in [1.165, 1.54) is 10.7 Å². The van der Waals surface area contributed by atoms with E-state index in [2.05, 4.69) is 21.0 Å². The number of hydrogen-bond donors (Lipinski definition) is 0. The van der Waals surface area contributed by atoms with Crippen LogP contribution in [0.5, 0.6) is 0 Å². The summed E-state index contributed by atoms with van der Waals surface area (Å²) < 4.78 is 39.0. The molecule has 0 spiro atoms. The van der Waals surface area contributed by atoms with Crippen molar-refractivity contribution in [2.24, 2.45) is 0 Å². The maximum absolute atomic E-state index is 12.5. The predicted molar refractivity (Wildman–Crippen MR) is 70.9 cm³/mol. The fraction of sp³-hybridized carbons (Fsp3) is 0.333. The average Bonchev–Trinajstić information content (AvgIpc) is 2.79. The summed E-state index contributed by atoms with van der Waals surface area (Å²) in [6.45, 7) is -1.30. The van der Waals surface area contributed by atoms with Crippen molar-refractivity contribution in [2.45, 2.75) is 6.18 Å². The van der Waals surface area contributed by atoms with Crippen molar-refractivity contribution in [1.82, 2.24) is 14.5 Å². The Morgan fingerprint density at radius 2 is 2.15 bits per heavy atom. The highest BCUT2D eigenvalue weighted by Crippen LogP contribution is 2.20. The van der Waals surface area contributed by atoms with Gasteiger partial charge in [-0.1, -0.05) is 22.0 Å². The Bertz CT molecular complexity index is 611. The van der Waals surface area contributed by atoms with Crippen LogP contribution >= 0.6 is 15.9 Å². The molecule has 20 heavy (non-hydrogen) atoms. The van der Waals surface area contributed by atoms with Gasteiger partial charge in [0.1, 0.15) is 6.54 Å². The maximum Gasteiger partial charge on any atom is 0.406 e. The van der Waals surface area contributed by atoms with Gasteiger partial charge in [-0.25, -0.2) is 4.52 Å². The van der Waals surface area contributed by atoms with Crippen LogP contribution in [0.15, 0.2) is 30.6 Å². The molecule has 2 aromatic rings. The average molecular weight is 350 g/mol. The van der Waals surface area contributed by atoms with Crippen LogP contribution in [0.3, 0.4) is 0 Å². The Labute approximate surface area is 121 Å². The van der Waals surface area contributed by atoms with Crippen molar-refractivity contribution in [1.29, 1.82) is 0 Å². The topological polar surface area (TPSA) is 37.6 Å². The van der Waals surface area contributed by atoms with E-state index in [0.29, 0.717) is 5.52 Å². The van der Waals surface area contributed by atoms with Gasteiger partial charge in [0.25, 0.3) is 5.91 Å². The lowest BCUT2D eigenvalue weighted by atomic mass is 10.2. The Hall–Kier alpha value is -1.57. The van der Waals surface area contributed by atoms with Gasteiger partial charge in [-0.2, -0.15) is 18.3 Å². The zero-order chi connectivity index (χ0) is 14.8. The minimum Gasteiger partial charge on any atom is -0.329 e. The number of carbonyl (C=O) groups is 1. The van der Waals surface area contributed by atoms with Crippen LogP contribution < -0.4 is 0 Å². The van der Waals surface area contributed by atoms with Crippen LogP contribution in [0, 0.1) is 0 Å². The van der Waals surface area contributed by atoms with Crippen molar-refractivity contribution in [3.8, 4) is 0 Å². The molecule has 108 valence electrons. The fourth-order valence-electron chi connectivity index (χ4n) is 1.84. The molecule has 2 aromatic heterocycles. The van der Waals surface area contributed by atoms with Gasteiger partial charge in [-0.15, -0.1) is 0 Å². The molecule has 0 unspecified atom stereocenters. The lowest BCUT2D eigenvalue weighted by Gasteiger charge is -2.22. The third kappa shape index (κ3) is 3.30. The van der Waals surface area contributed by atoms with Gasteiger partial charge in [-0.3, -0.25) is 4.79 Å². The molecular weight excluding hydrogens is 339 g/mol. The molecular formula is C12H11BrF3N3O. The lowest BCUT2D eigenvalue weighted by Crippen LogP contribution is -2.40. The summed E-state index contributed by atoms with van der Waals surface area (Å²) in [4.78, 5) is 13.0. The SMILES string of the molecule is O=C(c1cnn2ccccc12)N(CCBr)CC(F)(F)F. The quantitative estimate of drug-likeness (QED) is 0.796. The maximum atomic E-state index is 12.5. The first-order valence-electron chi connectivity index (χ1n) is 5.77. The highest BCUT2D eigenvalue weighted by Gasteiger charge is 2.33. The number of nitrogens with zero attached hydrogens (tertiary/aromatic N) is 3. The number of alkyl halides is 4. The van der Waals surface area contributed by atoms with E-state index in [1.807, 2.05) is 0 Å². The van der Waals surface area contributed by atoms with E-state index in [1.54, 1.807) is 24.4 Å². The highest BCUT2D eigenvalue weighted by molar-refractivity contribution is 9.09. The summed E-state index contributed by atoms with van der Waals surface area (Å²) in [5, 5.41) is 4.23. The molecule has 0 bridgehead atoms. The first-order valence-corrected chi connectivity index (χ1v) is 6.89. The van der Waals surface area contributed by atoms with E-state index >= 15 is 0 Å². The Morgan fingerprint density at radius 1 is 1.40 bits per heavy atom. The minimum atomic E-state index is -4.43. The predicted octanol–water partition coefficient (Wildman–Crippen LogP) is 2.73. The van der Waals surface area contributed by atoms with Crippen LogP contribution in [0.1, 0.15) is 10.4 Å². The van der Waals surface area contributed by atoms with Crippen molar-refractivity contribution >= 4 is 27.4 Å². The number of rotatable bonds is 4. The number of amides is 1. The van der Waals surface area contributed by atoms with Gasteiger partial charge in [0.15, 0.2) is 0 Å². The number of hydrogen-bond acceptors (Lipinski definition) is 2. The van der Waals surface area contributed by atoms with Crippen LogP contribution in [0.4, 0.5) is 13.2 Å². The molecule has 0 radical (unpaired) electrons. The molecule has 4 nitrogen and oxygen atoms in total. The van der Waals surface area contributed by atoms with E-state index in [0.717, 1.165) is 4.90 Å². The zero-order valence-electron chi connectivity index (χ0n) is 10.3. The van der Waals surface area contributed by atoms with E-state index in [9.17, 15) is 18.0 Å². The van der Waals surface area contributed by atoms with Crippen molar-refractivity contribution in [3.63, 3.8) is 0 Å². The summed E-state index contributed by atoms with van der Waals surface area (Å²) >= 11 is 3.06. The molecule has 0 saturated carbocycles. The zero-order valence-corrected chi connectivity index (χ0v) is 11.9. The van der Waals surface area contributed by atoms with Crippen molar-refractivity contribution in [3.05, 3.63) is 36.2 Å². The molecule has 0 fully saturated rings. The monoisotopic (exact) mass is 349 g/mol. The first kappa shape index (κ1) is 14.8. The van der Waals surface area contributed by atoms with Crippen LogP contribution in [-0.2, 0) is 0 Å². The molecule has 0 aromatic carbocycles. The first-order chi connectivity index (χ1) is 9.42. The van der Waals surface area contributed by atoms with Crippen LogP contribution in [0.2, 0.25) is 0 Å². The van der Waals surface area contributed by atoms with Crippen LogP contribution in [-0.4, -0.2) is 45.0 Å². The summed E-state index contributed by atoms with van der Waals surface area (Å²) in [5.41, 5.74) is 0.648. The van der Waals surface area contributed by atoms with Gasteiger partial charge in [0.05, 0.1) is 17.3 Å². The van der Waals surface area contributed by atoms with Gasteiger partial charge in [0.2, 0.25) is 0 Å². The minimum absolute atomic E-state index is 0.0253. The number of halogens is 4. The Balaban J connectivity index is 2.31. The molecule has 1 amide bonds. The summed E-state index contributed by atoms with van der Waals surface area (Å²) in [5.74, 6) is -0.678. The summed E-state index contributed by atoms with van der Waals surface area (Å²) in [7, 11) is 0. The molecule has 2 rings (SSSR count). The fourth-order valence-corrected chi connectivity index (χ4v) is 2.27.